The van der Waals surface area contributed by atoms with Gasteiger partial charge in [-0.05, 0) is 23.9 Å². The molecule has 0 fully saturated rings. The smallest absolute Gasteiger partial charge is 0.184 e. The van der Waals surface area contributed by atoms with Gasteiger partial charge < -0.3 is 4.74 Å². The van der Waals surface area contributed by atoms with Crippen molar-refractivity contribution in [3.63, 3.8) is 0 Å². The molecule has 0 spiro atoms. The predicted molar refractivity (Wildman–Crippen MR) is 65.3 cm³/mol. The molecule has 0 saturated heterocycles. The van der Waals surface area contributed by atoms with Crippen LogP contribution in [0.1, 0.15) is 17.7 Å². The van der Waals surface area contributed by atoms with E-state index < -0.39 is 10.2 Å². The minimum Gasteiger partial charge on any atom is -0.497 e. The van der Waals surface area contributed by atoms with E-state index >= 15 is 0 Å². The SMILES string of the molecule is COc1ccc(C([CH-][N+](=O)[O-])SC(C)=O)cc1. The minimum absolute atomic E-state index is 0.163. The highest BCUT2D eigenvalue weighted by atomic mass is 32.2. The van der Waals surface area contributed by atoms with Crippen molar-refractivity contribution in [2.75, 3.05) is 7.11 Å². The Hall–Kier alpha value is -1.69. The zero-order chi connectivity index (χ0) is 12.8. The van der Waals surface area contributed by atoms with Crippen molar-refractivity contribution in [1.29, 1.82) is 0 Å². The summed E-state index contributed by atoms with van der Waals surface area (Å²) < 4.78 is 4.99. The number of hydrogen-bond donors (Lipinski definition) is 0. The van der Waals surface area contributed by atoms with Crippen molar-refractivity contribution in [3.8, 4) is 5.75 Å². The lowest BCUT2D eigenvalue weighted by Gasteiger charge is -2.19. The van der Waals surface area contributed by atoms with Crippen LogP contribution in [0.5, 0.6) is 5.75 Å². The van der Waals surface area contributed by atoms with Crippen LogP contribution < -0.4 is 4.74 Å². The quantitative estimate of drug-likeness (QED) is 0.458. The first-order chi connectivity index (χ1) is 8.02. The van der Waals surface area contributed by atoms with Crippen molar-refractivity contribution < 1.29 is 14.5 Å². The summed E-state index contributed by atoms with van der Waals surface area (Å²) in [5.41, 5.74) is 0.697. The van der Waals surface area contributed by atoms with E-state index in [-0.39, 0.29) is 5.12 Å². The molecule has 1 aromatic rings. The van der Waals surface area contributed by atoms with Gasteiger partial charge in [-0.25, -0.2) is 0 Å². The molecule has 1 aromatic carbocycles. The van der Waals surface area contributed by atoms with Gasteiger partial charge in [-0.1, -0.05) is 17.7 Å². The van der Waals surface area contributed by atoms with E-state index in [1.165, 1.54) is 6.92 Å². The summed E-state index contributed by atoms with van der Waals surface area (Å²) in [6.07, 6.45) is 0. The normalized spacial score (nSPS) is 11.6. The lowest BCUT2D eigenvalue weighted by molar-refractivity contribution is -0.437. The Labute approximate surface area is 103 Å². The molecule has 0 radical (unpaired) electrons. The molecular formula is C11H12NO4S-. The first kappa shape index (κ1) is 13.4. The lowest BCUT2D eigenvalue weighted by Crippen LogP contribution is -2.05. The summed E-state index contributed by atoms with van der Waals surface area (Å²) in [5, 5.41) is 9.75. The first-order valence-electron chi connectivity index (χ1n) is 4.82. The molecule has 0 aliphatic carbocycles. The molecule has 0 heterocycles. The van der Waals surface area contributed by atoms with Crippen LogP contribution in [0.4, 0.5) is 0 Å². The monoisotopic (exact) mass is 254 g/mol. The molecule has 0 aliphatic heterocycles. The number of methoxy groups -OCH3 is 1. The second-order valence-electron chi connectivity index (χ2n) is 3.24. The molecule has 0 bridgehead atoms. The van der Waals surface area contributed by atoms with E-state index in [1.807, 2.05) is 0 Å². The average molecular weight is 254 g/mol. The van der Waals surface area contributed by atoms with Gasteiger partial charge in [-0.3, -0.25) is 14.9 Å². The van der Waals surface area contributed by atoms with Crippen molar-refractivity contribution in [1.82, 2.24) is 0 Å². The Morgan fingerprint density at radius 2 is 2.06 bits per heavy atom. The summed E-state index contributed by atoms with van der Waals surface area (Å²) in [7, 11) is 1.54. The number of carbonyl (C=O) groups is 1. The lowest BCUT2D eigenvalue weighted by atomic mass is 10.1. The molecule has 0 aliphatic rings. The standard InChI is InChI=1S/C11H12NO4S/c1-8(13)17-11(7-12(14)15)9-3-5-10(16-2)6-4-9/h3-7,11H,1-2H3/q-1. The van der Waals surface area contributed by atoms with Crippen molar-refractivity contribution in [2.45, 2.75) is 12.2 Å². The van der Waals surface area contributed by atoms with Gasteiger partial charge >= 0.3 is 0 Å². The zero-order valence-electron chi connectivity index (χ0n) is 9.45. The van der Waals surface area contributed by atoms with Gasteiger partial charge in [0.1, 0.15) is 5.75 Å². The van der Waals surface area contributed by atoms with Crippen LogP contribution >= 0.6 is 11.8 Å². The summed E-state index contributed by atoms with van der Waals surface area (Å²) in [6, 6.07) is 6.83. The maximum Gasteiger partial charge on any atom is 0.184 e. The summed E-state index contributed by atoms with van der Waals surface area (Å²) in [6.45, 7) is 2.29. The average Bonchev–Trinajstić information content (AvgIpc) is 2.27. The number of nitrogens with zero attached hydrogens (tertiary/aromatic N) is 1. The van der Waals surface area contributed by atoms with Crippen LogP contribution in [0.3, 0.4) is 0 Å². The van der Waals surface area contributed by atoms with E-state index in [1.54, 1.807) is 31.4 Å². The molecule has 17 heavy (non-hydrogen) atoms. The molecule has 5 nitrogen and oxygen atoms in total. The number of hydrogen-bond acceptors (Lipinski definition) is 5. The van der Waals surface area contributed by atoms with Crippen molar-refractivity contribution in [2.24, 2.45) is 0 Å². The van der Waals surface area contributed by atoms with E-state index in [0.29, 0.717) is 11.3 Å². The highest BCUT2D eigenvalue weighted by molar-refractivity contribution is 8.13. The molecule has 1 unspecified atom stereocenters. The third-order valence-electron chi connectivity index (χ3n) is 1.99. The van der Waals surface area contributed by atoms with Gasteiger partial charge in [0.15, 0.2) is 5.12 Å². The van der Waals surface area contributed by atoms with Gasteiger partial charge in [0.2, 0.25) is 0 Å². The maximum atomic E-state index is 11.0. The largest absolute Gasteiger partial charge is 0.497 e. The maximum absolute atomic E-state index is 11.0. The fraction of sp³-hybridized carbons (Fsp3) is 0.273. The van der Waals surface area contributed by atoms with Gasteiger partial charge in [-0.2, -0.15) is 0 Å². The second kappa shape index (κ2) is 6.15. The summed E-state index contributed by atoms with van der Waals surface area (Å²) in [5.74, 6) is 0.668. The van der Waals surface area contributed by atoms with Crippen LogP contribution in [0.15, 0.2) is 24.3 Å². The Bertz CT molecular complexity index is 388. The first-order valence-corrected chi connectivity index (χ1v) is 5.70. The van der Waals surface area contributed by atoms with Crippen LogP contribution in [0.25, 0.3) is 0 Å². The molecule has 1 atom stereocenters. The molecule has 1 rings (SSSR count). The van der Waals surface area contributed by atoms with Crippen LogP contribution in [0.2, 0.25) is 0 Å². The Morgan fingerprint density at radius 1 is 1.47 bits per heavy atom. The van der Waals surface area contributed by atoms with Crippen LogP contribution in [-0.2, 0) is 4.79 Å². The van der Waals surface area contributed by atoms with E-state index in [4.69, 9.17) is 4.74 Å². The predicted octanol–water partition coefficient (Wildman–Crippen LogP) is 2.45. The summed E-state index contributed by atoms with van der Waals surface area (Å²) in [4.78, 5) is 21.0. The Morgan fingerprint density at radius 3 is 2.47 bits per heavy atom. The fourth-order valence-corrected chi connectivity index (χ4v) is 2.08. The zero-order valence-corrected chi connectivity index (χ0v) is 10.3. The van der Waals surface area contributed by atoms with Crippen molar-refractivity contribution >= 4 is 16.9 Å². The number of ether oxygens (including phenoxy) is 1. The molecule has 0 N–H and O–H groups in total. The fourth-order valence-electron chi connectivity index (χ4n) is 1.27. The molecule has 0 amide bonds. The third kappa shape index (κ3) is 4.36. The number of rotatable bonds is 5. The molecule has 92 valence electrons. The number of benzene rings is 1. The van der Waals surface area contributed by atoms with Crippen LogP contribution in [-0.4, -0.2) is 17.1 Å². The molecular weight excluding hydrogens is 242 g/mol. The minimum atomic E-state index is -0.576. The van der Waals surface area contributed by atoms with Crippen LogP contribution in [0, 0.1) is 16.7 Å². The summed E-state index contributed by atoms with van der Waals surface area (Å²) >= 11 is 0.918. The topological polar surface area (TPSA) is 69.4 Å². The van der Waals surface area contributed by atoms with Gasteiger partial charge in [0.05, 0.1) is 7.11 Å². The third-order valence-corrected chi connectivity index (χ3v) is 2.97. The Kier molecular flexibility index (Phi) is 4.84. The molecule has 0 aromatic heterocycles. The van der Waals surface area contributed by atoms with Gasteiger partial charge in [0, 0.05) is 6.92 Å². The van der Waals surface area contributed by atoms with Gasteiger partial charge in [-0.15, -0.1) is 16.7 Å². The second-order valence-corrected chi connectivity index (χ2v) is 4.56. The highest BCUT2D eigenvalue weighted by Gasteiger charge is 2.11. The van der Waals surface area contributed by atoms with E-state index in [0.717, 1.165) is 18.3 Å². The molecule has 0 saturated carbocycles. The molecule has 6 heteroatoms. The van der Waals surface area contributed by atoms with E-state index in [9.17, 15) is 14.9 Å². The number of nitro groups is 1. The highest BCUT2D eigenvalue weighted by Crippen LogP contribution is 2.32. The number of carbonyl (C=O) groups excluding carboxylic acids is 1. The van der Waals surface area contributed by atoms with Gasteiger partial charge in [0.25, 0.3) is 0 Å². The van der Waals surface area contributed by atoms with Crippen molar-refractivity contribution in [3.05, 3.63) is 46.5 Å². The number of thioether (sulfide) groups is 1. The Balaban J connectivity index is 2.86. The van der Waals surface area contributed by atoms with E-state index in [2.05, 4.69) is 0 Å².